The van der Waals surface area contributed by atoms with Crippen LogP contribution in [0.4, 0.5) is 0 Å². The summed E-state index contributed by atoms with van der Waals surface area (Å²) in [6.45, 7) is 9.00. The van der Waals surface area contributed by atoms with Gasteiger partial charge in [0.1, 0.15) is 13.2 Å². The molecule has 0 aliphatic heterocycles. The minimum atomic E-state index is -0.759. The lowest BCUT2D eigenvalue weighted by atomic mass is 9.99. The number of hydrogen-bond donors (Lipinski definition) is 0. The highest BCUT2D eigenvalue weighted by Gasteiger charge is 2.19. The lowest BCUT2D eigenvalue weighted by Crippen LogP contribution is -2.30. The smallest absolute Gasteiger partial charge is 0.306 e. The first-order valence-electron chi connectivity index (χ1n) is 24.4. The van der Waals surface area contributed by atoms with Crippen LogP contribution < -0.4 is 0 Å². The zero-order valence-corrected chi connectivity index (χ0v) is 37.4. The zero-order chi connectivity index (χ0) is 40.3. The fraction of sp³-hybridized carbons (Fsp3) is 0.939. The summed E-state index contributed by atoms with van der Waals surface area (Å²) in [4.78, 5) is 37.8. The molecular weight excluding hydrogens is 685 g/mol. The Morgan fingerprint density at radius 2 is 0.636 bits per heavy atom. The van der Waals surface area contributed by atoms with Crippen LogP contribution in [0.15, 0.2) is 0 Å². The van der Waals surface area contributed by atoms with Gasteiger partial charge < -0.3 is 14.2 Å². The molecule has 0 spiro atoms. The van der Waals surface area contributed by atoms with Crippen LogP contribution in [0.2, 0.25) is 0 Å². The van der Waals surface area contributed by atoms with Gasteiger partial charge in [0.05, 0.1) is 0 Å². The van der Waals surface area contributed by atoms with Crippen LogP contribution in [0.1, 0.15) is 272 Å². The van der Waals surface area contributed by atoms with Crippen LogP contribution in [-0.2, 0) is 28.6 Å². The third-order valence-electron chi connectivity index (χ3n) is 11.4. The standard InChI is InChI=1S/C49H94O6/c1-5-8-10-12-14-16-17-18-19-20-21-22-24-30-34-38-42-49(52)55-46(43-53-47(50)40-36-32-28-23-15-13-11-9-6-2)44-54-48(51)41-37-33-29-26-25-27-31-35-39-45(4)7-3/h45-46H,5-44H2,1-4H3/t45?,46-/m1/s1. The van der Waals surface area contributed by atoms with E-state index in [1.165, 1.54) is 167 Å². The molecule has 2 atom stereocenters. The first kappa shape index (κ1) is 53.4. The largest absolute Gasteiger partial charge is 0.462 e. The molecule has 0 radical (unpaired) electrons. The lowest BCUT2D eigenvalue weighted by molar-refractivity contribution is -0.167. The number of ether oxygens (including phenoxy) is 3. The van der Waals surface area contributed by atoms with Gasteiger partial charge >= 0.3 is 17.9 Å². The molecule has 0 aromatic carbocycles. The van der Waals surface area contributed by atoms with Crippen LogP contribution in [-0.4, -0.2) is 37.2 Å². The van der Waals surface area contributed by atoms with Gasteiger partial charge in [-0.25, -0.2) is 0 Å². The van der Waals surface area contributed by atoms with Crippen molar-refractivity contribution >= 4 is 17.9 Å². The Bertz CT molecular complexity index is 828. The van der Waals surface area contributed by atoms with Gasteiger partial charge in [0.2, 0.25) is 0 Å². The molecule has 1 unspecified atom stereocenters. The number of carbonyl (C=O) groups is 3. The van der Waals surface area contributed by atoms with E-state index in [1.54, 1.807) is 0 Å². The van der Waals surface area contributed by atoms with Crippen molar-refractivity contribution in [2.24, 2.45) is 5.92 Å². The molecular formula is C49H94O6. The summed E-state index contributed by atoms with van der Waals surface area (Å²) < 4.78 is 16.7. The Balaban J connectivity index is 4.29. The summed E-state index contributed by atoms with van der Waals surface area (Å²) in [5.41, 5.74) is 0. The lowest BCUT2D eigenvalue weighted by Gasteiger charge is -2.18. The Kier molecular flexibility index (Phi) is 42.3. The molecule has 0 amide bonds. The van der Waals surface area contributed by atoms with E-state index in [4.69, 9.17) is 14.2 Å². The van der Waals surface area contributed by atoms with Crippen LogP contribution in [0.3, 0.4) is 0 Å². The second-order valence-electron chi connectivity index (χ2n) is 17.0. The quantitative estimate of drug-likeness (QED) is 0.0348. The first-order valence-corrected chi connectivity index (χ1v) is 24.4. The van der Waals surface area contributed by atoms with Crippen LogP contribution in [0, 0.1) is 5.92 Å². The summed E-state index contributed by atoms with van der Waals surface area (Å²) in [6, 6.07) is 0. The van der Waals surface area contributed by atoms with Crippen LogP contribution in [0.25, 0.3) is 0 Å². The molecule has 0 saturated heterocycles. The van der Waals surface area contributed by atoms with E-state index in [0.29, 0.717) is 19.3 Å². The maximum atomic E-state index is 12.7. The highest BCUT2D eigenvalue weighted by molar-refractivity contribution is 5.71. The molecule has 0 heterocycles. The first-order chi connectivity index (χ1) is 26.9. The monoisotopic (exact) mass is 779 g/mol. The van der Waals surface area contributed by atoms with Crippen molar-refractivity contribution in [2.45, 2.75) is 278 Å². The van der Waals surface area contributed by atoms with Crippen LogP contribution >= 0.6 is 0 Å². The molecule has 0 rings (SSSR count). The summed E-state index contributed by atoms with van der Waals surface area (Å²) in [5.74, 6) is -0.00477. The summed E-state index contributed by atoms with van der Waals surface area (Å²) in [7, 11) is 0. The van der Waals surface area contributed by atoms with E-state index in [1.807, 2.05) is 0 Å². The molecule has 55 heavy (non-hydrogen) atoms. The van der Waals surface area contributed by atoms with Crippen molar-refractivity contribution in [3.8, 4) is 0 Å². The molecule has 6 heteroatoms. The second-order valence-corrected chi connectivity index (χ2v) is 17.0. The van der Waals surface area contributed by atoms with Crippen molar-refractivity contribution in [3.05, 3.63) is 0 Å². The normalized spacial score (nSPS) is 12.4. The van der Waals surface area contributed by atoms with Crippen molar-refractivity contribution in [3.63, 3.8) is 0 Å². The number of carbonyl (C=O) groups excluding carboxylic acids is 3. The van der Waals surface area contributed by atoms with Gasteiger partial charge in [-0.2, -0.15) is 0 Å². The number of esters is 3. The summed E-state index contributed by atoms with van der Waals surface area (Å²) in [5, 5.41) is 0. The van der Waals surface area contributed by atoms with Gasteiger partial charge in [0, 0.05) is 19.3 Å². The van der Waals surface area contributed by atoms with E-state index >= 15 is 0 Å². The molecule has 0 aromatic rings. The second kappa shape index (κ2) is 43.5. The summed E-state index contributed by atoms with van der Waals surface area (Å²) >= 11 is 0. The third kappa shape index (κ3) is 41.9. The van der Waals surface area contributed by atoms with Crippen molar-refractivity contribution in [1.82, 2.24) is 0 Å². The highest BCUT2D eigenvalue weighted by Crippen LogP contribution is 2.17. The Labute approximate surface area is 342 Å². The summed E-state index contributed by atoms with van der Waals surface area (Å²) in [6.07, 6.45) is 43.7. The topological polar surface area (TPSA) is 78.9 Å². The van der Waals surface area contributed by atoms with E-state index in [-0.39, 0.29) is 31.1 Å². The zero-order valence-electron chi connectivity index (χ0n) is 37.4. The molecule has 0 bridgehead atoms. The molecule has 0 fully saturated rings. The average Bonchev–Trinajstić information content (AvgIpc) is 3.18. The van der Waals surface area contributed by atoms with E-state index in [0.717, 1.165) is 63.7 Å². The molecule has 0 aromatic heterocycles. The maximum Gasteiger partial charge on any atom is 0.306 e. The van der Waals surface area contributed by atoms with Crippen molar-refractivity contribution < 1.29 is 28.6 Å². The molecule has 0 aliphatic rings. The van der Waals surface area contributed by atoms with Gasteiger partial charge in [-0.3, -0.25) is 14.4 Å². The Hall–Kier alpha value is -1.59. The van der Waals surface area contributed by atoms with Crippen LogP contribution in [0.5, 0.6) is 0 Å². The molecule has 326 valence electrons. The van der Waals surface area contributed by atoms with Crippen molar-refractivity contribution in [1.29, 1.82) is 0 Å². The molecule has 6 nitrogen and oxygen atoms in total. The number of rotatable bonds is 44. The van der Waals surface area contributed by atoms with Gasteiger partial charge in [-0.15, -0.1) is 0 Å². The van der Waals surface area contributed by atoms with Gasteiger partial charge in [-0.05, 0) is 25.2 Å². The highest BCUT2D eigenvalue weighted by atomic mass is 16.6. The predicted octanol–water partition coefficient (Wildman–Crippen LogP) is 15.5. The fourth-order valence-corrected chi connectivity index (χ4v) is 7.30. The Morgan fingerprint density at radius 3 is 0.945 bits per heavy atom. The van der Waals surface area contributed by atoms with Gasteiger partial charge in [0.15, 0.2) is 6.10 Å². The van der Waals surface area contributed by atoms with Gasteiger partial charge in [0.25, 0.3) is 0 Å². The molecule has 0 aliphatic carbocycles. The molecule has 0 N–H and O–H groups in total. The average molecular weight is 779 g/mol. The van der Waals surface area contributed by atoms with Crippen molar-refractivity contribution in [2.75, 3.05) is 13.2 Å². The minimum absolute atomic E-state index is 0.0639. The van der Waals surface area contributed by atoms with Gasteiger partial charge in [-0.1, -0.05) is 233 Å². The predicted molar refractivity (Wildman–Crippen MR) is 233 cm³/mol. The Morgan fingerprint density at radius 1 is 0.364 bits per heavy atom. The van der Waals surface area contributed by atoms with E-state index in [9.17, 15) is 14.4 Å². The fourth-order valence-electron chi connectivity index (χ4n) is 7.30. The number of hydrogen-bond acceptors (Lipinski definition) is 6. The van der Waals surface area contributed by atoms with E-state index in [2.05, 4.69) is 27.7 Å². The molecule has 0 saturated carbocycles. The SMILES string of the molecule is CCCCCCCCCCCCCCCCCCC(=O)O[C@H](COC(=O)CCCCCCCCCCC)COC(=O)CCCCCCCCCCC(C)CC. The third-order valence-corrected chi connectivity index (χ3v) is 11.4. The van der Waals surface area contributed by atoms with E-state index < -0.39 is 6.10 Å². The number of unbranched alkanes of at least 4 members (excludes halogenated alkanes) is 30. The maximum absolute atomic E-state index is 12.7. The minimum Gasteiger partial charge on any atom is -0.462 e.